The van der Waals surface area contributed by atoms with Gasteiger partial charge in [0.1, 0.15) is 0 Å². The molecule has 0 atom stereocenters. The first kappa shape index (κ1) is 16.0. The van der Waals surface area contributed by atoms with Crippen LogP contribution in [0.25, 0.3) is 0 Å². The maximum Gasteiger partial charge on any atom is 0.241 e. The molecule has 0 amide bonds. The number of rotatable bonds is 4. The van der Waals surface area contributed by atoms with Gasteiger partial charge in [-0.25, -0.2) is 17.5 Å². The number of halogens is 1. The second-order valence-electron chi connectivity index (χ2n) is 5.15. The molecule has 0 radical (unpaired) electrons. The summed E-state index contributed by atoms with van der Waals surface area (Å²) in [7, 11) is -2.60. The summed E-state index contributed by atoms with van der Waals surface area (Å²) >= 11 is 0. The molecule has 6 nitrogen and oxygen atoms in total. The van der Waals surface area contributed by atoms with Gasteiger partial charge in [-0.3, -0.25) is 0 Å². The van der Waals surface area contributed by atoms with E-state index in [4.69, 9.17) is 10.5 Å². The van der Waals surface area contributed by atoms with Gasteiger partial charge in [-0.05, 0) is 37.8 Å². The Hall–Kier alpha value is -1.38. The largest absolute Gasteiger partial charge is 0.492 e. The summed E-state index contributed by atoms with van der Waals surface area (Å²) in [6.07, 6.45) is 1.82. The Morgan fingerprint density at radius 2 is 1.95 bits per heavy atom. The highest BCUT2D eigenvalue weighted by atomic mass is 32.2. The summed E-state index contributed by atoms with van der Waals surface area (Å²) < 4.78 is 45.5. The van der Waals surface area contributed by atoms with E-state index in [-0.39, 0.29) is 28.5 Å². The third-order valence-corrected chi connectivity index (χ3v) is 5.08. The molecule has 118 valence electrons. The van der Waals surface area contributed by atoms with Gasteiger partial charge in [-0.2, -0.15) is 0 Å². The Labute approximate surface area is 123 Å². The van der Waals surface area contributed by atoms with Gasteiger partial charge in [-0.1, -0.05) is 0 Å². The van der Waals surface area contributed by atoms with E-state index < -0.39 is 15.8 Å². The number of hydrogen-bond donors (Lipinski definition) is 3. The number of nitrogen functional groups attached to an aromatic ring is 1. The van der Waals surface area contributed by atoms with E-state index in [0.717, 1.165) is 6.07 Å². The molecule has 1 aliphatic rings. The number of benzene rings is 1. The second-order valence-corrected chi connectivity index (χ2v) is 6.87. The van der Waals surface area contributed by atoms with Crippen molar-refractivity contribution in [1.82, 2.24) is 4.72 Å². The monoisotopic (exact) mass is 318 g/mol. The van der Waals surface area contributed by atoms with Crippen molar-refractivity contribution in [3.8, 4) is 5.75 Å². The number of methoxy groups -OCH3 is 1. The van der Waals surface area contributed by atoms with Crippen LogP contribution in [0.1, 0.15) is 25.7 Å². The first-order valence-corrected chi connectivity index (χ1v) is 8.15. The van der Waals surface area contributed by atoms with Crippen LogP contribution in [0.2, 0.25) is 0 Å². The second kappa shape index (κ2) is 6.17. The van der Waals surface area contributed by atoms with Crippen LogP contribution in [0.4, 0.5) is 10.1 Å². The molecule has 21 heavy (non-hydrogen) atoms. The molecule has 0 bridgehead atoms. The van der Waals surface area contributed by atoms with E-state index in [1.807, 2.05) is 0 Å². The molecule has 4 N–H and O–H groups in total. The molecular formula is C13H19FN2O4S. The number of hydrogen-bond acceptors (Lipinski definition) is 5. The average molecular weight is 318 g/mol. The summed E-state index contributed by atoms with van der Waals surface area (Å²) in [5.74, 6) is -0.994. The maximum absolute atomic E-state index is 13.7. The van der Waals surface area contributed by atoms with Gasteiger partial charge < -0.3 is 15.6 Å². The van der Waals surface area contributed by atoms with Crippen molar-refractivity contribution in [1.29, 1.82) is 0 Å². The van der Waals surface area contributed by atoms with E-state index in [1.165, 1.54) is 13.2 Å². The fraction of sp³-hybridized carbons (Fsp3) is 0.538. The van der Waals surface area contributed by atoms with E-state index >= 15 is 0 Å². The minimum Gasteiger partial charge on any atom is -0.492 e. The van der Waals surface area contributed by atoms with Crippen LogP contribution >= 0.6 is 0 Å². The van der Waals surface area contributed by atoms with Gasteiger partial charge in [0.05, 0.1) is 23.8 Å². The zero-order chi connectivity index (χ0) is 15.6. The van der Waals surface area contributed by atoms with Gasteiger partial charge in [0.25, 0.3) is 0 Å². The number of aliphatic hydroxyl groups is 1. The first-order valence-electron chi connectivity index (χ1n) is 6.67. The number of ether oxygens (including phenoxy) is 1. The highest BCUT2D eigenvalue weighted by molar-refractivity contribution is 7.89. The third-order valence-electron chi connectivity index (χ3n) is 3.58. The molecule has 0 spiro atoms. The highest BCUT2D eigenvalue weighted by Crippen LogP contribution is 2.29. The Morgan fingerprint density at radius 3 is 2.48 bits per heavy atom. The minimum atomic E-state index is -3.85. The third kappa shape index (κ3) is 3.63. The van der Waals surface area contributed by atoms with Crippen molar-refractivity contribution in [2.45, 2.75) is 42.7 Å². The van der Waals surface area contributed by atoms with E-state index in [0.29, 0.717) is 25.7 Å². The Bertz CT molecular complexity index is 590. The standard InChI is InChI=1S/C13H19FN2O4S/c1-20-13-11(14)6-10(7-12(13)15)21(18,19)16-8-2-4-9(17)5-3-8/h6-9,16-17H,2-5,15H2,1H3. The van der Waals surface area contributed by atoms with Crippen LogP contribution < -0.4 is 15.2 Å². The topological polar surface area (TPSA) is 102 Å². The van der Waals surface area contributed by atoms with Crippen molar-refractivity contribution in [3.05, 3.63) is 17.9 Å². The molecule has 1 fully saturated rings. The maximum atomic E-state index is 13.7. The predicted octanol–water partition coefficient (Wildman–Crippen LogP) is 0.998. The lowest BCUT2D eigenvalue weighted by molar-refractivity contribution is 0.120. The van der Waals surface area contributed by atoms with Gasteiger partial charge in [0, 0.05) is 6.04 Å². The lowest BCUT2D eigenvalue weighted by Gasteiger charge is -2.26. The molecule has 8 heteroatoms. The van der Waals surface area contributed by atoms with Crippen LogP contribution in [0, 0.1) is 5.82 Å². The lowest BCUT2D eigenvalue weighted by Crippen LogP contribution is -2.38. The van der Waals surface area contributed by atoms with Crippen molar-refractivity contribution in [3.63, 3.8) is 0 Å². The van der Waals surface area contributed by atoms with Crippen molar-refractivity contribution in [2.75, 3.05) is 12.8 Å². The molecule has 0 heterocycles. The summed E-state index contributed by atoms with van der Waals surface area (Å²) in [6, 6.07) is 1.79. The minimum absolute atomic E-state index is 0.0723. The van der Waals surface area contributed by atoms with Gasteiger partial charge >= 0.3 is 0 Å². The lowest BCUT2D eigenvalue weighted by atomic mass is 9.94. The number of aliphatic hydroxyl groups excluding tert-OH is 1. The van der Waals surface area contributed by atoms with Gasteiger partial charge in [-0.15, -0.1) is 0 Å². The van der Waals surface area contributed by atoms with Crippen molar-refractivity contribution in [2.24, 2.45) is 0 Å². The highest BCUT2D eigenvalue weighted by Gasteiger charge is 2.26. The fourth-order valence-electron chi connectivity index (χ4n) is 2.44. The quantitative estimate of drug-likeness (QED) is 0.719. The summed E-state index contributed by atoms with van der Waals surface area (Å²) in [5.41, 5.74) is 5.52. The van der Waals surface area contributed by atoms with E-state index in [2.05, 4.69) is 4.72 Å². The fourth-order valence-corrected chi connectivity index (χ4v) is 3.79. The molecule has 2 rings (SSSR count). The van der Waals surface area contributed by atoms with Gasteiger partial charge in [0.15, 0.2) is 11.6 Å². The number of anilines is 1. The average Bonchev–Trinajstić information content (AvgIpc) is 2.41. The Kier molecular flexibility index (Phi) is 4.70. The van der Waals surface area contributed by atoms with Crippen LogP contribution in [-0.4, -0.2) is 32.8 Å². The smallest absolute Gasteiger partial charge is 0.241 e. The molecule has 1 aliphatic carbocycles. The van der Waals surface area contributed by atoms with Crippen molar-refractivity contribution >= 4 is 15.7 Å². The predicted molar refractivity (Wildman–Crippen MR) is 75.9 cm³/mol. The SMILES string of the molecule is COc1c(N)cc(S(=O)(=O)NC2CCC(O)CC2)cc1F. The molecule has 1 saturated carbocycles. The summed E-state index contributed by atoms with van der Waals surface area (Å²) in [4.78, 5) is -0.232. The zero-order valence-corrected chi connectivity index (χ0v) is 12.5. The van der Waals surface area contributed by atoms with Crippen molar-refractivity contribution < 1.29 is 22.7 Å². The molecule has 1 aromatic carbocycles. The van der Waals surface area contributed by atoms with Crippen LogP contribution in [0.15, 0.2) is 17.0 Å². The number of nitrogens with two attached hydrogens (primary N) is 1. The van der Waals surface area contributed by atoms with Crippen LogP contribution in [-0.2, 0) is 10.0 Å². The zero-order valence-electron chi connectivity index (χ0n) is 11.7. The molecular weight excluding hydrogens is 299 g/mol. The molecule has 0 saturated heterocycles. The molecule has 0 aromatic heterocycles. The Morgan fingerprint density at radius 1 is 1.33 bits per heavy atom. The Balaban J connectivity index is 2.20. The summed E-state index contributed by atoms with van der Waals surface area (Å²) in [6.45, 7) is 0. The van der Waals surface area contributed by atoms with Gasteiger partial charge in [0.2, 0.25) is 10.0 Å². The van der Waals surface area contributed by atoms with E-state index in [9.17, 15) is 17.9 Å². The normalized spacial score (nSPS) is 23.0. The van der Waals surface area contributed by atoms with E-state index in [1.54, 1.807) is 0 Å². The molecule has 1 aromatic rings. The number of sulfonamides is 1. The molecule has 0 unspecified atom stereocenters. The molecule has 0 aliphatic heterocycles. The van der Waals surface area contributed by atoms with Crippen LogP contribution in [0.3, 0.4) is 0 Å². The van der Waals surface area contributed by atoms with Crippen LogP contribution in [0.5, 0.6) is 5.75 Å². The number of nitrogens with one attached hydrogen (secondary N) is 1. The first-order chi connectivity index (χ1) is 9.83. The summed E-state index contributed by atoms with van der Waals surface area (Å²) in [5, 5.41) is 9.42.